The van der Waals surface area contributed by atoms with Crippen LogP contribution in [0.3, 0.4) is 0 Å². The summed E-state index contributed by atoms with van der Waals surface area (Å²) in [5.74, 6) is 3.80. The van der Waals surface area contributed by atoms with E-state index in [0.717, 1.165) is 67.1 Å². The van der Waals surface area contributed by atoms with Gasteiger partial charge in [0.05, 0.1) is 11.3 Å². The number of carbonyl (C=O) groups is 1. The number of nitrogens with zero attached hydrogens (tertiary/aromatic N) is 6. The van der Waals surface area contributed by atoms with Crippen LogP contribution in [0.15, 0.2) is 102 Å². The van der Waals surface area contributed by atoms with Crippen LogP contribution in [0.4, 0.5) is 0 Å². The maximum Gasteiger partial charge on any atom is 0.335 e. The lowest BCUT2D eigenvalue weighted by molar-refractivity contribution is 0.0696. The third kappa shape index (κ3) is 8.04. The zero-order valence-corrected chi connectivity index (χ0v) is 39.1. The van der Waals surface area contributed by atoms with E-state index >= 15 is 0 Å². The van der Waals surface area contributed by atoms with E-state index in [9.17, 15) is 9.90 Å². The van der Waals surface area contributed by atoms with Crippen LogP contribution < -0.4 is 0 Å². The molecule has 1 atom stereocenters. The Kier molecular flexibility index (Phi) is 11.3. The van der Waals surface area contributed by atoms with Crippen LogP contribution >= 0.6 is 11.3 Å². The highest BCUT2D eigenvalue weighted by molar-refractivity contribution is 7.15. The van der Waals surface area contributed by atoms with E-state index in [0.29, 0.717) is 17.4 Å². The summed E-state index contributed by atoms with van der Waals surface area (Å²) in [4.78, 5) is 23.8. The van der Waals surface area contributed by atoms with Gasteiger partial charge >= 0.3 is 5.97 Å². The first-order chi connectivity index (χ1) is 31.6. The van der Waals surface area contributed by atoms with Gasteiger partial charge in [0.25, 0.3) is 0 Å². The van der Waals surface area contributed by atoms with Crippen LogP contribution in [0.5, 0.6) is 0 Å². The van der Waals surface area contributed by atoms with Gasteiger partial charge in [-0.3, -0.25) is 9.56 Å². The maximum absolute atomic E-state index is 11.9. The van der Waals surface area contributed by atoms with Crippen LogP contribution in [0.1, 0.15) is 140 Å². The molecule has 8 nitrogen and oxygen atoms in total. The lowest BCUT2D eigenvalue weighted by Crippen LogP contribution is -2.48. The summed E-state index contributed by atoms with van der Waals surface area (Å²) in [6.45, 7) is 15.7. The molecule has 0 radical (unpaired) electrons. The molecule has 5 aliphatic rings. The fourth-order valence-electron chi connectivity index (χ4n) is 11.7. The smallest absolute Gasteiger partial charge is 0.335 e. The molecule has 5 heterocycles. The van der Waals surface area contributed by atoms with Crippen LogP contribution in [0.2, 0.25) is 0 Å². The number of rotatable bonds is 10. The number of allylic oxidation sites excluding steroid dienone is 1. The van der Waals surface area contributed by atoms with Gasteiger partial charge in [0.15, 0.2) is 5.82 Å². The van der Waals surface area contributed by atoms with Crippen molar-refractivity contribution < 1.29 is 9.90 Å². The number of aromatic nitrogens is 3. The van der Waals surface area contributed by atoms with Gasteiger partial charge in [0.1, 0.15) is 16.9 Å². The summed E-state index contributed by atoms with van der Waals surface area (Å²) in [7, 11) is 0. The summed E-state index contributed by atoms with van der Waals surface area (Å²) < 4.78 is 2.22. The van der Waals surface area contributed by atoms with E-state index in [4.69, 9.17) is 4.99 Å². The lowest BCUT2D eigenvalue weighted by atomic mass is 9.79. The van der Waals surface area contributed by atoms with Crippen molar-refractivity contribution in [2.75, 3.05) is 39.3 Å². The van der Waals surface area contributed by atoms with Crippen LogP contribution in [0.25, 0.3) is 16.1 Å². The van der Waals surface area contributed by atoms with Gasteiger partial charge in [-0.05, 0) is 147 Å². The monoisotopic (exact) mass is 880 g/mol. The second-order valence-corrected chi connectivity index (χ2v) is 21.0. The predicted molar refractivity (Wildman–Crippen MR) is 263 cm³/mol. The summed E-state index contributed by atoms with van der Waals surface area (Å²) in [6, 6.07) is 35.0. The van der Waals surface area contributed by atoms with Gasteiger partial charge in [0, 0.05) is 67.1 Å². The van der Waals surface area contributed by atoms with E-state index in [1.165, 1.54) is 117 Å². The number of hydrogen-bond donors (Lipinski definition) is 1. The standard InChI is InChI=1S/C56H60N6O2S/c1-34-36(3)65-55-51(34)53(57-35(2)54-59-58-37(4)62(54)55)44-23-19-41(20-24-44)48-32-61(33-48)29-39-15-13-38(14-16-39)28-60-30-47(31-60)40-17-21-43(22-18-40)52-49(42-9-6-5-7-10-42)12-8-11-45-27-46(56(63)64)25-26-50(45)52/h5-7,9-10,17-27,35,38-39,47-48H,8,11-16,28-33H2,1-4H3,(H,63,64)/t35-,38?,39?/m0/s1. The number of fused-ring (bicyclic) bond motifs is 4. The fourth-order valence-corrected chi connectivity index (χ4v) is 12.9. The first-order valence-electron chi connectivity index (χ1n) is 24.1. The van der Waals surface area contributed by atoms with Crippen molar-refractivity contribution in [1.82, 2.24) is 24.6 Å². The van der Waals surface area contributed by atoms with Crippen molar-refractivity contribution in [3.8, 4) is 5.00 Å². The molecule has 3 aliphatic heterocycles. The highest BCUT2D eigenvalue weighted by atomic mass is 32.1. The van der Waals surface area contributed by atoms with Gasteiger partial charge in [-0.25, -0.2) is 4.79 Å². The largest absolute Gasteiger partial charge is 0.478 e. The average molecular weight is 881 g/mol. The molecule has 0 unspecified atom stereocenters. The highest BCUT2D eigenvalue weighted by Gasteiger charge is 2.35. The van der Waals surface area contributed by atoms with Gasteiger partial charge in [-0.2, -0.15) is 0 Å². The highest BCUT2D eigenvalue weighted by Crippen LogP contribution is 2.43. The van der Waals surface area contributed by atoms with Crippen LogP contribution in [-0.2, 0) is 6.42 Å². The third-order valence-corrected chi connectivity index (χ3v) is 16.7. The molecular weight excluding hydrogens is 821 g/mol. The molecular formula is C56H60N6O2S. The maximum atomic E-state index is 11.9. The SMILES string of the molecule is Cc1sc2c(c1C)C(c1ccc(C3CN(CC4CCC(CN5CC(c6ccc(C7=C(c8ccccc8)CCCc8cc(C(=O)O)ccc87)cc6)C5)CC4)C3)cc1)=N[C@@H](C)c1nnc(C)n1-2. The number of aliphatic imine (C=N–C) groups is 1. The molecule has 2 aromatic heterocycles. The molecule has 2 aliphatic carbocycles. The minimum absolute atomic E-state index is 0.0655. The Labute approximate surface area is 387 Å². The molecule has 0 bridgehead atoms. The average Bonchev–Trinajstić information content (AvgIpc) is 3.70. The number of aryl methyl sites for hydroxylation is 3. The fraction of sp³-hybridized carbons (Fsp3) is 0.393. The third-order valence-electron chi connectivity index (χ3n) is 15.5. The Morgan fingerprint density at radius 3 is 1.95 bits per heavy atom. The van der Waals surface area contributed by atoms with Gasteiger partial charge in [-0.1, -0.05) is 84.9 Å². The van der Waals surface area contributed by atoms with E-state index in [-0.39, 0.29) is 6.04 Å². The number of benzene rings is 4. The molecule has 4 aromatic carbocycles. The molecule has 332 valence electrons. The normalized spacial score (nSPS) is 21.7. The Balaban J connectivity index is 0.661. The summed E-state index contributed by atoms with van der Waals surface area (Å²) in [5, 5.41) is 19.9. The number of likely N-dealkylation sites (tertiary alicyclic amines) is 2. The molecule has 1 saturated carbocycles. The minimum atomic E-state index is -0.865. The Bertz CT molecular complexity index is 2800. The van der Waals surface area contributed by atoms with E-state index < -0.39 is 5.97 Å². The second kappa shape index (κ2) is 17.4. The van der Waals surface area contributed by atoms with E-state index in [1.807, 2.05) is 30.4 Å². The molecule has 2 saturated heterocycles. The molecule has 3 fully saturated rings. The first kappa shape index (κ1) is 42.2. The molecule has 65 heavy (non-hydrogen) atoms. The Hall–Kier alpha value is -5.48. The van der Waals surface area contributed by atoms with E-state index in [2.05, 4.69) is 124 Å². The number of carboxylic acid groups (broad SMARTS) is 1. The summed E-state index contributed by atoms with van der Waals surface area (Å²) >= 11 is 1.82. The van der Waals surface area contributed by atoms with Crippen LogP contribution in [0, 0.1) is 32.6 Å². The second-order valence-electron chi connectivity index (χ2n) is 19.8. The molecule has 0 amide bonds. The molecule has 1 N–H and O–H groups in total. The Morgan fingerprint density at radius 2 is 1.34 bits per heavy atom. The quantitative estimate of drug-likeness (QED) is 0.147. The topological polar surface area (TPSA) is 86.8 Å². The van der Waals surface area contributed by atoms with Gasteiger partial charge in [0.2, 0.25) is 0 Å². The number of hydrogen-bond acceptors (Lipinski definition) is 7. The summed E-state index contributed by atoms with van der Waals surface area (Å²) in [5.41, 5.74) is 15.4. The Morgan fingerprint density at radius 1 is 0.723 bits per heavy atom. The van der Waals surface area contributed by atoms with Crippen molar-refractivity contribution in [3.63, 3.8) is 0 Å². The van der Waals surface area contributed by atoms with E-state index in [1.54, 1.807) is 6.07 Å². The predicted octanol–water partition coefficient (Wildman–Crippen LogP) is 11.5. The van der Waals surface area contributed by atoms with Gasteiger partial charge in [-0.15, -0.1) is 21.5 Å². The molecule has 11 rings (SSSR count). The molecule has 6 aromatic rings. The summed E-state index contributed by atoms with van der Waals surface area (Å²) in [6.07, 6.45) is 8.29. The first-order valence-corrected chi connectivity index (χ1v) is 24.9. The minimum Gasteiger partial charge on any atom is -0.478 e. The van der Waals surface area contributed by atoms with Crippen molar-refractivity contribution in [2.24, 2.45) is 16.8 Å². The zero-order chi connectivity index (χ0) is 44.3. The number of carboxylic acids is 1. The van der Waals surface area contributed by atoms with Gasteiger partial charge < -0.3 is 14.9 Å². The van der Waals surface area contributed by atoms with Crippen molar-refractivity contribution in [3.05, 3.63) is 169 Å². The van der Waals surface area contributed by atoms with Crippen molar-refractivity contribution >= 4 is 34.2 Å². The number of thiophene rings is 1. The van der Waals surface area contributed by atoms with Crippen molar-refractivity contribution in [1.29, 1.82) is 0 Å². The zero-order valence-electron chi connectivity index (χ0n) is 38.3. The molecule has 0 spiro atoms. The van der Waals surface area contributed by atoms with Crippen molar-refractivity contribution in [2.45, 2.75) is 90.5 Å². The van der Waals surface area contributed by atoms with Crippen LogP contribution in [-0.4, -0.2) is 80.6 Å². The lowest BCUT2D eigenvalue weighted by Gasteiger charge is -2.44. The molecule has 9 heteroatoms. The number of aromatic carboxylic acids is 1.